The van der Waals surface area contributed by atoms with Crippen molar-refractivity contribution in [3.05, 3.63) is 108 Å². The molecule has 0 fully saturated rings. The molecule has 4 rings (SSSR count). The highest BCUT2D eigenvalue weighted by molar-refractivity contribution is 7.87. The molecule has 0 saturated carbocycles. The maximum atomic E-state index is 12.8. The van der Waals surface area contributed by atoms with Gasteiger partial charge in [0.05, 0.1) is 11.8 Å². The summed E-state index contributed by atoms with van der Waals surface area (Å²) in [6.07, 6.45) is -3.39. The zero-order valence-electron chi connectivity index (χ0n) is 17.9. The van der Waals surface area contributed by atoms with Crippen LogP contribution in [0.4, 0.5) is 13.2 Å². The zero-order chi connectivity index (χ0) is 25.1. The largest absolute Gasteiger partial charge is 0.416 e. The van der Waals surface area contributed by atoms with Crippen molar-refractivity contribution in [2.75, 3.05) is 0 Å². The first-order valence-corrected chi connectivity index (χ1v) is 11.6. The number of para-hydroxylation sites is 1. The van der Waals surface area contributed by atoms with Gasteiger partial charge in [-0.05, 0) is 53.2 Å². The van der Waals surface area contributed by atoms with Crippen molar-refractivity contribution >= 4 is 33.0 Å². The lowest BCUT2D eigenvalue weighted by molar-refractivity contribution is -0.137. The van der Waals surface area contributed by atoms with E-state index in [1.807, 2.05) is 30.3 Å². The van der Waals surface area contributed by atoms with Gasteiger partial charge in [-0.1, -0.05) is 48.5 Å². The van der Waals surface area contributed by atoms with Gasteiger partial charge in [-0.25, -0.2) is 5.43 Å². The van der Waals surface area contributed by atoms with Gasteiger partial charge in [0.15, 0.2) is 5.75 Å². The third kappa shape index (κ3) is 5.49. The first-order chi connectivity index (χ1) is 16.6. The fraction of sp³-hybridized carbons (Fsp3) is 0.0400. The van der Waals surface area contributed by atoms with E-state index in [2.05, 4.69) is 10.5 Å². The summed E-state index contributed by atoms with van der Waals surface area (Å²) < 4.78 is 68.6. The summed E-state index contributed by atoms with van der Waals surface area (Å²) in [5.41, 5.74) is 2.06. The quantitative estimate of drug-likeness (QED) is 0.219. The number of nitrogens with zero attached hydrogens (tertiary/aromatic N) is 1. The van der Waals surface area contributed by atoms with Crippen molar-refractivity contribution in [3.8, 4) is 5.75 Å². The van der Waals surface area contributed by atoms with Crippen LogP contribution < -0.4 is 9.61 Å². The van der Waals surface area contributed by atoms with Crippen molar-refractivity contribution in [1.82, 2.24) is 5.43 Å². The third-order valence-corrected chi connectivity index (χ3v) is 6.24. The number of benzene rings is 4. The van der Waals surface area contributed by atoms with Gasteiger partial charge in [0.1, 0.15) is 4.90 Å². The molecule has 0 radical (unpaired) electrons. The molecule has 0 spiro atoms. The van der Waals surface area contributed by atoms with E-state index in [-0.39, 0.29) is 11.3 Å². The van der Waals surface area contributed by atoms with Gasteiger partial charge in [-0.15, -0.1) is 0 Å². The molecule has 4 aromatic rings. The summed E-state index contributed by atoms with van der Waals surface area (Å²) in [7, 11) is -4.42. The van der Waals surface area contributed by atoms with Crippen LogP contribution in [0.15, 0.2) is 101 Å². The number of alkyl halides is 3. The standard InChI is InChI=1S/C25H17F3N2O4S/c26-25(27,28)19-12-14-20(15-13-19)35(32,33)34-23-11-4-2-7-18(23)16-29-30-24(31)22-10-5-8-17-6-1-3-9-21(17)22/h1-16H,(H,30,31)/b29-16+. The molecule has 0 heterocycles. The summed E-state index contributed by atoms with van der Waals surface area (Å²) in [4.78, 5) is 12.2. The maximum absolute atomic E-state index is 12.8. The Balaban J connectivity index is 1.51. The molecule has 1 amide bonds. The SMILES string of the molecule is O=C(N/N=C/c1ccccc1OS(=O)(=O)c1ccc(C(F)(F)F)cc1)c1cccc2ccccc12. The number of halogens is 3. The molecule has 0 aliphatic carbocycles. The van der Waals surface area contributed by atoms with Gasteiger partial charge in [-0.3, -0.25) is 4.79 Å². The number of hydrogen-bond donors (Lipinski definition) is 1. The number of hydrazone groups is 1. The van der Waals surface area contributed by atoms with Crippen LogP contribution in [0.3, 0.4) is 0 Å². The normalized spacial score (nSPS) is 12.1. The van der Waals surface area contributed by atoms with E-state index < -0.39 is 32.7 Å². The molecule has 0 aliphatic heterocycles. The Labute approximate surface area is 198 Å². The van der Waals surface area contributed by atoms with E-state index in [4.69, 9.17) is 4.18 Å². The maximum Gasteiger partial charge on any atom is 0.416 e. The summed E-state index contributed by atoms with van der Waals surface area (Å²) in [6, 6.07) is 21.6. The highest BCUT2D eigenvalue weighted by Crippen LogP contribution is 2.30. The second kappa shape index (κ2) is 9.59. The molecule has 0 bridgehead atoms. The molecule has 0 saturated heterocycles. The molecule has 178 valence electrons. The fourth-order valence-electron chi connectivity index (χ4n) is 3.28. The summed E-state index contributed by atoms with van der Waals surface area (Å²) in [5.74, 6) is -0.579. The van der Waals surface area contributed by atoms with E-state index in [1.165, 1.54) is 24.4 Å². The Bertz CT molecular complexity index is 1510. The van der Waals surface area contributed by atoms with Crippen LogP contribution in [-0.2, 0) is 16.3 Å². The minimum absolute atomic E-state index is 0.115. The number of rotatable bonds is 6. The molecule has 10 heteroatoms. The predicted octanol–water partition coefficient (Wildman–Crippen LogP) is 5.39. The molecule has 0 aliphatic rings. The van der Waals surface area contributed by atoms with Gasteiger partial charge >= 0.3 is 16.3 Å². The molecule has 0 atom stereocenters. The van der Waals surface area contributed by atoms with Crippen molar-refractivity contribution < 1.29 is 30.6 Å². The molecule has 4 aromatic carbocycles. The molecular weight excluding hydrogens is 481 g/mol. The highest BCUT2D eigenvalue weighted by Gasteiger charge is 2.31. The van der Waals surface area contributed by atoms with E-state index in [9.17, 15) is 26.4 Å². The number of carbonyl (C=O) groups excluding carboxylic acids is 1. The zero-order valence-corrected chi connectivity index (χ0v) is 18.7. The molecule has 0 unspecified atom stereocenters. The van der Waals surface area contributed by atoms with E-state index in [1.54, 1.807) is 18.2 Å². The van der Waals surface area contributed by atoms with Crippen LogP contribution in [-0.4, -0.2) is 20.5 Å². The second-order valence-electron chi connectivity index (χ2n) is 7.32. The first kappa shape index (κ1) is 24.0. The average molecular weight is 498 g/mol. The van der Waals surface area contributed by atoms with Crippen LogP contribution in [0, 0.1) is 0 Å². The second-order valence-corrected chi connectivity index (χ2v) is 8.87. The Morgan fingerprint density at radius 1 is 0.857 bits per heavy atom. The Morgan fingerprint density at radius 2 is 1.51 bits per heavy atom. The number of amides is 1. The van der Waals surface area contributed by atoms with Crippen molar-refractivity contribution in [3.63, 3.8) is 0 Å². The first-order valence-electron chi connectivity index (χ1n) is 10.2. The minimum Gasteiger partial charge on any atom is -0.378 e. The topological polar surface area (TPSA) is 84.8 Å². The monoisotopic (exact) mass is 498 g/mol. The lowest BCUT2D eigenvalue weighted by Gasteiger charge is -2.11. The Kier molecular flexibility index (Phi) is 6.57. The summed E-state index contributed by atoms with van der Waals surface area (Å²) in [6.45, 7) is 0. The smallest absolute Gasteiger partial charge is 0.378 e. The van der Waals surface area contributed by atoms with Crippen molar-refractivity contribution in [1.29, 1.82) is 0 Å². The van der Waals surface area contributed by atoms with Crippen molar-refractivity contribution in [2.45, 2.75) is 11.1 Å². The lowest BCUT2D eigenvalue weighted by atomic mass is 10.0. The molecule has 0 aromatic heterocycles. The molecule has 6 nitrogen and oxygen atoms in total. The number of hydrogen-bond acceptors (Lipinski definition) is 5. The van der Waals surface area contributed by atoms with E-state index in [0.29, 0.717) is 17.7 Å². The summed E-state index contributed by atoms with van der Waals surface area (Å²) >= 11 is 0. The van der Waals surface area contributed by atoms with Crippen LogP contribution in [0.1, 0.15) is 21.5 Å². The van der Waals surface area contributed by atoms with Crippen LogP contribution in [0.25, 0.3) is 10.8 Å². The molecule has 35 heavy (non-hydrogen) atoms. The third-order valence-electron chi connectivity index (χ3n) is 4.99. The number of nitrogens with one attached hydrogen (secondary N) is 1. The van der Waals surface area contributed by atoms with Crippen LogP contribution in [0.5, 0.6) is 5.75 Å². The van der Waals surface area contributed by atoms with Gasteiger partial charge in [0.25, 0.3) is 5.91 Å². The Morgan fingerprint density at radius 3 is 2.26 bits per heavy atom. The molecule has 1 N–H and O–H groups in total. The van der Waals surface area contributed by atoms with E-state index >= 15 is 0 Å². The van der Waals surface area contributed by atoms with Gasteiger partial charge < -0.3 is 4.18 Å². The number of fused-ring (bicyclic) bond motifs is 1. The lowest BCUT2D eigenvalue weighted by Crippen LogP contribution is -2.18. The van der Waals surface area contributed by atoms with Gasteiger partial charge in [0.2, 0.25) is 0 Å². The average Bonchev–Trinajstić information content (AvgIpc) is 2.84. The predicted molar refractivity (Wildman–Crippen MR) is 125 cm³/mol. The Hall–Kier alpha value is -4.18. The van der Waals surface area contributed by atoms with Crippen LogP contribution in [0.2, 0.25) is 0 Å². The number of carbonyl (C=O) groups is 1. The van der Waals surface area contributed by atoms with Gasteiger partial charge in [0, 0.05) is 11.1 Å². The fourth-order valence-corrected chi connectivity index (χ4v) is 4.24. The summed E-state index contributed by atoms with van der Waals surface area (Å²) in [5, 5.41) is 5.53. The highest BCUT2D eigenvalue weighted by atomic mass is 32.2. The van der Waals surface area contributed by atoms with Crippen molar-refractivity contribution in [2.24, 2.45) is 5.10 Å². The molecular formula is C25H17F3N2O4S. The van der Waals surface area contributed by atoms with Crippen LogP contribution >= 0.6 is 0 Å². The van der Waals surface area contributed by atoms with Gasteiger partial charge in [-0.2, -0.15) is 26.7 Å². The van der Waals surface area contributed by atoms with E-state index in [0.717, 1.165) is 22.9 Å². The minimum atomic E-state index is -4.59.